The van der Waals surface area contributed by atoms with Crippen LogP contribution in [0.3, 0.4) is 0 Å². The fraction of sp³-hybridized carbons (Fsp3) is 0.333. The van der Waals surface area contributed by atoms with Gasteiger partial charge in [-0.2, -0.15) is 0 Å². The molecule has 0 bridgehead atoms. The van der Waals surface area contributed by atoms with E-state index in [9.17, 15) is 14.7 Å². The Hall–Kier alpha value is -2.34. The van der Waals surface area contributed by atoms with Gasteiger partial charge in [-0.1, -0.05) is 18.2 Å². The Morgan fingerprint density at radius 3 is 2.71 bits per heavy atom. The zero-order valence-electron chi connectivity index (χ0n) is 11.6. The number of rotatable bonds is 3. The first kappa shape index (κ1) is 13.6. The highest BCUT2D eigenvalue weighted by Gasteiger charge is 2.36. The van der Waals surface area contributed by atoms with E-state index in [4.69, 9.17) is 0 Å². The van der Waals surface area contributed by atoms with Crippen molar-refractivity contribution in [3.05, 3.63) is 36.0 Å². The Bertz CT molecular complexity index is 692. The number of amides is 2. The van der Waals surface area contributed by atoms with E-state index in [-0.39, 0.29) is 11.8 Å². The highest BCUT2D eigenvalue weighted by atomic mass is 16.3. The molecule has 0 spiro atoms. The summed E-state index contributed by atoms with van der Waals surface area (Å²) in [7, 11) is 0. The summed E-state index contributed by atoms with van der Waals surface area (Å²) in [6, 6.07) is 6.31. The largest absolute Gasteiger partial charge is 0.391 e. The molecule has 0 saturated carbocycles. The van der Waals surface area contributed by atoms with E-state index in [1.807, 2.05) is 30.5 Å². The van der Waals surface area contributed by atoms with E-state index in [2.05, 4.69) is 15.6 Å². The lowest BCUT2D eigenvalue weighted by atomic mass is 10.00. The normalized spacial score (nSPS) is 23.7. The molecule has 1 fully saturated rings. The van der Waals surface area contributed by atoms with Gasteiger partial charge in [0.25, 0.3) is 0 Å². The minimum Gasteiger partial charge on any atom is -0.391 e. The Morgan fingerprint density at radius 2 is 1.95 bits per heavy atom. The molecular formula is C15H17N3O3. The maximum atomic E-state index is 12.1. The monoisotopic (exact) mass is 287 g/mol. The zero-order chi connectivity index (χ0) is 15.0. The van der Waals surface area contributed by atoms with Gasteiger partial charge in [0, 0.05) is 23.5 Å². The van der Waals surface area contributed by atoms with Crippen molar-refractivity contribution in [3.63, 3.8) is 0 Å². The third-order valence-corrected chi connectivity index (χ3v) is 3.79. The predicted octanol–water partition coefficient (Wildman–Crippen LogP) is 0.0744. The summed E-state index contributed by atoms with van der Waals surface area (Å²) in [5.74, 6) is -0.625. The van der Waals surface area contributed by atoms with Crippen LogP contribution in [0.1, 0.15) is 12.5 Å². The van der Waals surface area contributed by atoms with Crippen molar-refractivity contribution in [2.24, 2.45) is 0 Å². The lowest BCUT2D eigenvalue weighted by Crippen LogP contribution is -2.65. The van der Waals surface area contributed by atoms with Crippen molar-refractivity contribution >= 4 is 22.7 Å². The van der Waals surface area contributed by atoms with Crippen molar-refractivity contribution in [1.82, 2.24) is 15.6 Å². The van der Waals surface area contributed by atoms with E-state index < -0.39 is 18.2 Å². The maximum Gasteiger partial charge on any atom is 0.245 e. The molecule has 2 amide bonds. The first-order valence-electron chi connectivity index (χ1n) is 6.90. The topological polar surface area (TPSA) is 94.2 Å². The lowest BCUT2D eigenvalue weighted by molar-refractivity contribution is -0.139. The number of benzene rings is 1. The molecule has 1 aromatic carbocycles. The quantitative estimate of drug-likeness (QED) is 0.643. The van der Waals surface area contributed by atoms with Crippen molar-refractivity contribution in [1.29, 1.82) is 0 Å². The number of hydrogen-bond acceptors (Lipinski definition) is 3. The number of hydrogen-bond donors (Lipinski definition) is 4. The number of aromatic amines is 1. The summed E-state index contributed by atoms with van der Waals surface area (Å²) in [5.41, 5.74) is 1.97. The lowest BCUT2D eigenvalue weighted by Gasteiger charge is -2.30. The summed E-state index contributed by atoms with van der Waals surface area (Å²) in [5, 5.41) is 15.7. The van der Waals surface area contributed by atoms with Crippen molar-refractivity contribution in [3.8, 4) is 0 Å². The van der Waals surface area contributed by atoms with Crippen LogP contribution >= 0.6 is 0 Å². The standard InChI is InChI=1S/C15H17N3O3/c1-8(19)13-15(21)17-12(14(20)18-13)6-9-7-16-11-5-3-2-4-10(9)11/h2-5,7-8,12-13,16,19H,6H2,1H3,(H,17,21)(H,18,20). The maximum absolute atomic E-state index is 12.1. The number of fused-ring (bicyclic) bond motifs is 1. The number of H-pyrrole nitrogens is 1. The Kier molecular flexibility index (Phi) is 3.39. The molecule has 2 aromatic rings. The van der Waals surface area contributed by atoms with E-state index in [0.717, 1.165) is 16.5 Å². The highest BCUT2D eigenvalue weighted by Crippen LogP contribution is 2.19. The molecule has 6 heteroatoms. The van der Waals surface area contributed by atoms with Gasteiger partial charge < -0.3 is 20.7 Å². The molecule has 1 aliphatic heterocycles. The minimum atomic E-state index is -0.914. The number of para-hydroxylation sites is 1. The molecule has 3 unspecified atom stereocenters. The third-order valence-electron chi connectivity index (χ3n) is 3.79. The molecule has 3 rings (SSSR count). The molecule has 0 aliphatic carbocycles. The van der Waals surface area contributed by atoms with Crippen molar-refractivity contribution < 1.29 is 14.7 Å². The SMILES string of the molecule is CC(O)C1NC(=O)C(Cc2c[nH]c3ccccc23)NC1=O. The van der Waals surface area contributed by atoms with E-state index >= 15 is 0 Å². The van der Waals surface area contributed by atoms with Crippen LogP contribution in [0.2, 0.25) is 0 Å². The number of carbonyl (C=O) groups is 2. The Labute approximate surface area is 121 Å². The molecule has 4 N–H and O–H groups in total. The van der Waals surface area contributed by atoms with Gasteiger partial charge in [-0.15, -0.1) is 0 Å². The Balaban J connectivity index is 1.79. The fourth-order valence-electron chi connectivity index (χ4n) is 2.65. The van der Waals surface area contributed by atoms with Crippen LogP contribution in [0.15, 0.2) is 30.5 Å². The second-order valence-electron chi connectivity index (χ2n) is 5.35. The molecule has 1 aromatic heterocycles. The predicted molar refractivity (Wildman–Crippen MR) is 77.5 cm³/mol. The van der Waals surface area contributed by atoms with Gasteiger partial charge in [0.15, 0.2) is 0 Å². The van der Waals surface area contributed by atoms with Crippen molar-refractivity contribution in [2.45, 2.75) is 31.5 Å². The molecule has 21 heavy (non-hydrogen) atoms. The van der Waals surface area contributed by atoms with Crippen LogP contribution in [-0.2, 0) is 16.0 Å². The number of carbonyl (C=O) groups excluding carboxylic acids is 2. The van der Waals surface area contributed by atoms with Crippen molar-refractivity contribution in [2.75, 3.05) is 0 Å². The molecule has 0 radical (unpaired) electrons. The summed E-state index contributed by atoms with van der Waals surface area (Å²) in [6.45, 7) is 1.48. The number of aromatic nitrogens is 1. The van der Waals surface area contributed by atoms with Crippen LogP contribution < -0.4 is 10.6 Å². The molecule has 110 valence electrons. The van der Waals surface area contributed by atoms with Gasteiger partial charge in [-0.25, -0.2) is 0 Å². The van der Waals surface area contributed by atoms with Gasteiger partial charge in [-0.05, 0) is 18.6 Å². The van der Waals surface area contributed by atoms with Crippen LogP contribution in [0.5, 0.6) is 0 Å². The van der Waals surface area contributed by atoms with E-state index in [1.54, 1.807) is 0 Å². The summed E-state index contributed by atoms with van der Waals surface area (Å²) < 4.78 is 0. The average Bonchev–Trinajstić information content (AvgIpc) is 2.85. The van der Waals surface area contributed by atoms with Crippen LogP contribution in [0.25, 0.3) is 10.9 Å². The average molecular weight is 287 g/mol. The summed E-state index contributed by atoms with van der Waals surface area (Å²) in [4.78, 5) is 27.1. The molecule has 1 aliphatic rings. The minimum absolute atomic E-state index is 0.272. The number of aliphatic hydroxyl groups excluding tert-OH is 1. The third kappa shape index (κ3) is 2.50. The smallest absolute Gasteiger partial charge is 0.245 e. The second kappa shape index (κ2) is 5.21. The number of piperazine rings is 1. The van der Waals surface area contributed by atoms with Gasteiger partial charge in [0.1, 0.15) is 12.1 Å². The van der Waals surface area contributed by atoms with Gasteiger partial charge in [-0.3, -0.25) is 9.59 Å². The molecular weight excluding hydrogens is 270 g/mol. The highest BCUT2D eigenvalue weighted by molar-refractivity contribution is 5.97. The fourth-order valence-corrected chi connectivity index (χ4v) is 2.65. The first-order valence-corrected chi connectivity index (χ1v) is 6.90. The second-order valence-corrected chi connectivity index (χ2v) is 5.35. The van der Waals surface area contributed by atoms with E-state index in [1.165, 1.54) is 6.92 Å². The summed E-state index contributed by atoms with van der Waals surface area (Å²) in [6.07, 6.45) is 1.35. The van der Waals surface area contributed by atoms with Gasteiger partial charge in [0.2, 0.25) is 11.8 Å². The summed E-state index contributed by atoms with van der Waals surface area (Å²) >= 11 is 0. The molecule has 3 atom stereocenters. The number of aliphatic hydroxyl groups is 1. The van der Waals surface area contributed by atoms with Crippen LogP contribution in [-0.4, -0.2) is 40.1 Å². The van der Waals surface area contributed by atoms with Crippen LogP contribution in [0.4, 0.5) is 0 Å². The zero-order valence-corrected chi connectivity index (χ0v) is 11.6. The molecule has 2 heterocycles. The van der Waals surface area contributed by atoms with E-state index in [0.29, 0.717) is 6.42 Å². The Morgan fingerprint density at radius 1 is 1.19 bits per heavy atom. The van der Waals surface area contributed by atoms with Gasteiger partial charge >= 0.3 is 0 Å². The molecule has 6 nitrogen and oxygen atoms in total. The number of nitrogens with one attached hydrogen (secondary N) is 3. The van der Waals surface area contributed by atoms with Gasteiger partial charge in [0.05, 0.1) is 6.10 Å². The van der Waals surface area contributed by atoms with Crippen LogP contribution in [0, 0.1) is 0 Å². The molecule has 1 saturated heterocycles. The first-order chi connectivity index (χ1) is 10.1.